The van der Waals surface area contributed by atoms with Crippen molar-refractivity contribution in [3.05, 3.63) is 15.3 Å². The molecule has 0 aromatic heterocycles. The summed E-state index contributed by atoms with van der Waals surface area (Å²) in [7, 11) is 1.66. The van der Waals surface area contributed by atoms with Crippen LogP contribution in [0.4, 0.5) is 0 Å². The second-order valence-electron chi connectivity index (χ2n) is 0.929. The van der Waals surface area contributed by atoms with Gasteiger partial charge in [-0.15, -0.1) is 0 Å². The van der Waals surface area contributed by atoms with Crippen LogP contribution in [-0.2, 0) is 0 Å². The van der Waals surface area contributed by atoms with E-state index in [1.807, 2.05) is 0 Å². The summed E-state index contributed by atoms with van der Waals surface area (Å²) in [5.41, 5.74) is 9.75. The minimum atomic E-state index is -1.75. The Balaban J connectivity index is 0. The van der Waals surface area contributed by atoms with Gasteiger partial charge in [-0.2, -0.15) is 0 Å². The van der Waals surface area contributed by atoms with Gasteiger partial charge in [-0.25, -0.2) is 0 Å². The lowest BCUT2D eigenvalue weighted by Crippen LogP contribution is -2.73. The van der Waals surface area contributed by atoms with Gasteiger partial charge in [0.25, 0.3) is 0 Å². The number of guanidine groups is 1. The van der Waals surface area contributed by atoms with E-state index in [-0.39, 0.29) is 5.96 Å². The van der Waals surface area contributed by atoms with Gasteiger partial charge in [0, 0.05) is 0 Å². The fraction of sp³-hybridized carbons (Fsp3) is 0.500. The monoisotopic (exact) mass is 136 g/mol. The highest BCUT2D eigenvalue weighted by molar-refractivity contribution is 5.69. The van der Waals surface area contributed by atoms with Gasteiger partial charge >= 0.3 is 5.96 Å². The molecule has 0 saturated carbocycles. The lowest BCUT2D eigenvalue weighted by molar-refractivity contribution is -0.422. The fourth-order valence-electron chi connectivity index (χ4n) is 0. The largest absolute Gasteiger partial charge is 0.356 e. The van der Waals surface area contributed by atoms with Crippen molar-refractivity contribution in [3.8, 4) is 0 Å². The van der Waals surface area contributed by atoms with Crippen molar-refractivity contribution in [1.82, 2.24) is 0 Å². The van der Waals surface area contributed by atoms with Gasteiger partial charge in [-0.3, -0.25) is 16.5 Å². The molecule has 5 N–H and O–H groups in total. The highest BCUT2D eigenvalue weighted by Crippen LogP contribution is 1.44. The molecule has 7 nitrogen and oxygen atoms in total. The van der Waals surface area contributed by atoms with Crippen molar-refractivity contribution in [2.24, 2.45) is 11.5 Å². The third-order valence-electron chi connectivity index (χ3n) is 0.289. The van der Waals surface area contributed by atoms with Gasteiger partial charge in [0.1, 0.15) is 0 Å². The van der Waals surface area contributed by atoms with E-state index in [1.54, 1.807) is 7.05 Å². The quantitative estimate of drug-likeness (QED) is 0.139. The molecule has 0 amide bonds. The molecule has 0 aliphatic carbocycles. The van der Waals surface area contributed by atoms with Crippen LogP contribution in [0.2, 0.25) is 0 Å². The maximum absolute atomic E-state index is 8.25. The topological polar surface area (TPSA) is 132 Å². The van der Waals surface area contributed by atoms with Gasteiger partial charge in [0.2, 0.25) is 0 Å². The zero-order chi connectivity index (χ0) is 7.86. The molecular formula is C2H8N4O3. The van der Waals surface area contributed by atoms with Crippen molar-refractivity contribution >= 4 is 5.96 Å². The lowest BCUT2D eigenvalue weighted by Gasteiger charge is -1.74. The molecule has 0 spiro atoms. The maximum atomic E-state index is 8.25. The summed E-state index contributed by atoms with van der Waals surface area (Å²) in [5.74, 6) is 0.255. The first-order chi connectivity index (χ1) is 4.00. The van der Waals surface area contributed by atoms with Gasteiger partial charge < -0.3 is 15.3 Å². The number of nitrogens with one attached hydrogen (secondary N) is 1. The highest BCUT2D eigenvalue weighted by atomic mass is 16.9. The maximum Gasteiger partial charge on any atom is 0.338 e. The molecule has 0 bridgehead atoms. The fourth-order valence-corrected chi connectivity index (χ4v) is 0. The van der Waals surface area contributed by atoms with Gasteiger partial charge in [-0.05, 0) is 0 Å². The first kappa shape index (κ1) is 10.5. The van der Waals surface area contributed by atoms with Crippen LogP contribution in [0.5, 0.6) is 0 Å². The van der Waals surface area contributed by atoms with Crippen LogP contribution in [-0.4, -0.2) is 18.1 Å². The average Bonchev–Trinajstić information content (AvgIpc) is 1.65. The third-order valence-corrected chi connectivity index (χ3v) is 0.289. The van der Waals surface area contributed by atoms with Crippen LogP contribution >= 0.6 is 0 Å². The van der Waals surface area contributed by atoms with E-state index in [9.17, 15) is 0 Å². The molecule has 9 heavy (non-hydrogen) atoms. The van der Waals surface area contributed by atoms with E-state index in [0.29, 0.717) is 0 Å². The zero-order valence-corrected chi connectivity index (χ0v) is 4.83. The molecule has 0 rings (SSSR count). The van der Waals surface area contributed by atoms with Gasteiger partial charge in [0.15, 0.2) is 0 Å². The predicted octanol–water partition coefficient (Wildman–Crippen LogP) is -3.27. The Morgan fingerprint density at radius 3 is 1.67 bits per heavy atom. The number of nitrogens with zero attached hydrogens (tertiary/aromatic N) is 1. The standard InChI is InChI=1S/C2H7N3.NO3/c1-5-2(3)4;2-1(3)4/h1H3,(H4,3,4,5);/q;-1/p+1. The minimum Gasteiger partial charge on any atom is -0.356 e. The van der Waals surface area contributed by atoms with Crippen LogP contribution < -0.4 is 16.5 Å². The highest BCUT2D eigenvalue weighted by Gasteiger charge is 1.71. The second kappa shape index (κ2) is 6.47. The number of nitrogens with two attached hydrogens (primary N) is 2. The van der Waals surface area contributed by atoms with E-state index >= 15 is 0 Å². The minimum absolute atomic E-state index is 0.255. The molecule has 0 fully saturated rings. The predicted molar refractivity (Wildman–Crippen MR) is 30.6 cm³/mol. The lowest BCUT2D eigenvalue weighted by atomic mass is 11.1. The first-order valence-electron chi connectivity index (χ1n) is 1.88. The summed E-state index contributed by atoms with van der Waals surface area (Å²) in [6, 6.07) is 0. The van der Waals surface area contributed by atoms with Gasteiger partial charge in [-0.1, -0.05) is 0 Å². The third kappa shape index (κ3) is 585. The molecule has 54 valence electrons. The molecule has 0 aromatic carbocycles. The van der Waals surface area contributed by atoms with Gasteiger partial charge in [0.05, 0.1) is 12.1 Å². The number of hydrogen-bond acceptors (Lipinski definition) is 3. The Morgan fingerprint density at radius 2 is 1.67 bits per heavy atom. The molecular weight excluding hydrogens is 128 g/mol. The summed E-state index contributed by atoms with van der Waals surface area (Å²) in [6.45, 7) is 0. The van der Waals surface area contributed by atoms with Crippen molar-refractivity contribution < 1.29 is 10.1 Å². The molecule has 0 atom stereocenters. The Labute approximate surface area is 51.1 Å². The summed E-state index contributed by atoms with van der Waals surface area (Å²) in [5, 5.41) is 14.8. The van der Waals surface area contributed by atoms with E-state index in [1.165, 1.54) is 0 Å². The van der Waals surface area contributed by atoms with Crippen molar-refractivity contribution in [2.75, 3.05) is 7.05 Å². The molecule has 0 radical (unpaired) electrons. The molecule has 0 aromatic rings. The summed E-state index contributed by atoms with van der Waals surface area (Å²) < 4.78 is 0. The molecule has 0 saturated heterocycles. The molecule has 0 aliphatic heterocycles. The number of rotatable bonds is 0. The number of hydrogen-bond donors (Lipinski definition) is 3. The van der Waals surface area contributed by atoms with Crippen LogP contribution in [0.25, 0.3) is 0 Å². The van der Waals surface area contributed by atoms with Crippen molar-refractivity contribution in [2.45, 2.75) is 0 Å². The van der Waals surface area contributed by atoms with E-state index < -0.39 is 5.09 Å². The van der Waals surface area contributed by atoms with E-state index in [0.717, 1.165) is 0 Å². The Bertz CT molecular complexity index is 102. The second-order valence-corrected chi connectivity index (χ2v) is 0.929. The van der Waals surface area contributed by atoms with Crippen molar-refractivity contribution in [3.63, 3.8) is 0 Å². The summed E-state index contributed by atoms with van der Waals surface area (Å²) in [6.07, 6.45) is 0. The Hall–Kier alpha value is -1.53. The first-order valence-corrected chi connectivity index (χ1v) is 1.88. The van der Waals surface area contributed by atoms with Crippen molar-refractivity contribution in [1.29, 1.82) is 0 Å². The van der Waals surface area contributed by atoms with Crippen LogP contribution in [0, 0.1) is 15.3 Å². The summed E-state index contributed by atoms with van der Waals surface area (Å²) in [4.78, 5) is 10.8. The Morgan fingerprint density at radius 1 is 1.56 bits per heavy atom. The smallest absolute Gasteiger partial charge is 0.338 e. The molecule has 7 heteroatoms. The van der Waals surface area contributed by atoms with E-state index in [2.05, 4.69) is 4.99 Å². The summed E-state index contributed by atoms with van der Waals surface area (Å²) >= 11 is 0. The molecule has 0 unspecified atom stereocenters. The molecule has 0 heterocycles. The van der Waals surface area contributed by atoms with Crippen LogP contribution in [0.1, 0.15) is 0 Å². The van der Waals surface area contributed by atoms with Crippen LogP contribution in [0.15, 0.2) is 0 Å². The molecule has 0 aliphatic rings. The Kier molecular flexibility index (Phi) is 7.51. The zero-order valence-electron chi connectivity index (χ0n) is 4.83. The average molecular weight is 136 g/mol. The van der Waals surface area contributed by atoms with Crippen LogP contribution in [0.3, 0.4) is 0 Å². The van der Waals surface area contributed by atoms with E-state index in [4.69, 9.17) is 26.8 Å². The normalized spacial score (nSPS) is 6.33. The SMILES string of the molecule is C[NH+]=C(N)N.O=[N+]([O-])[O-].